The Morgan fingerprint density at radius 1 is 0.690 bits per heavy atom. The topological polar surface area (TPSA) is 37.4 Å². The number of hydrogen-bond donors (Lipinski definition) is 0. The van der Waals surface area contributed by atoms with E-state index in [1.807, 2.05) is 6.07 Å². The molecule has 206 valence electrons. The maximum absolute atomic E-state index is 13.0. The zero-order valence-corrected chi connectivity index (χ0v) is 25.7. The molecule has 5 aromatic rings. The number of ketones is 2. The van der Waals surface area contributed by atoms with Gasteiger partial charge in [-0.2, -0.15) is 0 Å². The Morgan fingerprint density at radius 2 is 1.33 bits per heavy atom. The second kappa shape index (κ2) is 9.23. The minimum Gasteiger partial charge on any atom is -0.310 e. The van der Waals surface area contributed by atoms with E-state index in [2.05, 4.69) is 111 Å². The summed E-state index contributed by atoms with van der Waals surface area (Å²) < 4.78 is 0. The van der Waals surface area contributed by atoms with Gasteiger partial charge in [0.1, 0.15) is 0 Å². The Morgan fingerprint density at radius 3 is 2.00 bits per heavy atom. The average Bonchev–Trinajstić information content (AvgIpc) is 3.21. The summed E-state index contributed by atoms with van der Waals surface area (Å²) >= 11 is 0. The van der Waals surface area contributed by atoms with Gasteiger partial charge in [-0.15, -0.1) is 0 Å². The van der Waals surface area contributed by atoms with Gasteiger partial charge in [0.05, 0.1) is 25.0 Å². The van der Waals surface area contributed by atoms with E-state index in [1.54, 1.807) is 30.3 Å². The Bertz CT molecular complexity index is 1940. The first-order valence-corrected chi connectivity index (χ1v) is 18.0. The van der Waals surface area contributed by atoms with Crippen molar-refractivity contribution in [2.75, 3.05) is 4.90 Å². The quantitative estimate of drug-likeness (QED) is 0.125. The molecular weight excluding hydrogens is 531 g/mol. The van der Waals surface area contributed by atoms with Crippen LogP contribution in [0.25, 0.3) is 16.8 Å². The van der Waals surface area contributed by atoms with Crippen molar-refractivity contribution < 1.29 is 9.59 Å². The molecule has 1 aliphatic heterocycles. The molecule has 0 spiro atoms. The molecular formula is C38H33NO2Si. The van der Waals surface area contributed by atoms with E-state index in [0.29, 0.717) is 11.1 Å². The number of allylic oxidation sites excluding steroid dienone is 1. The first kappa shape index (κ1) is 26.4. The number of nitrogens with zero attached hydrogens (tertiary/aromatic N) is 1. The number of fused-ring (bicyclic) bond motifs is 5. The standard InChI is InChI=1S/C38H33NO2Si/c1-38(2)32-12-8-9-13-33(32)39(26-16-18-27(19-17-26)42(3,4)5)34-21-15-25-22-24(14-20-28(25)35(34)38)23-31-36(40)29-10-6-7-11-30(29)37(31)41/h6-23H,1-5H3. The fourth-order valence-corrected chi connectivity index (χ4v) is 7.86. The van der Waals surface area contributed by atoms with Crippen LogP contribution >= 0.6 is 0 Å². The van der Waals surface area contributed by atoms with Crippen molar-refractivity contribution in [1.29, 1.82) is 0 Å². The Kier molecular flexibility index (Phi) is 5.80. The molecule has 0 fully saturated rings. The van der Waals surface area contributed by atoms with Crippen molar-refractivity contribution in [3.63, 3.8) is 0 Å². The Hall–Kier alpha value is -4.54. The van der Waals surface area contributed by atoms with Gasteiger partial charge in [-0.1, -0.05) is 111 Å². The van der Waals surface area contributed by atoms with Crippen LogP contribution in [0.15, 0.2) is 109 Å². The number of carbonyl (C=O) groups is 2. The third-order valence-corrected chi connectivity index (χ3v) is 11.0. The highest BCUT2D eigenvalue weighted by molar-refractivity contribution is 6.88. The summed E-state index contributed by atoms with van der Waals surface area (Å²) in [5.74, 6) is -0.399. The lowest BCUT2D eigenvalue weighted by Crippen LogP contribution is -2.37. The van der Waals surface area contributed by atoms with E-state index in [1.165, 1.54) is 33.1 Å². The molecule has 7 rings (SSSR count). The van der Waals surface area contributed by atoms with Gasteiger partial charge in [0.25, 0.3) is 0 Å². The van der Waals surface area contributed by atoms with Gasteiger partial charge >= 0.3 is 0 Å². The van der Waals surface area contributed by atoms with Gasteiger partial charge in [-0.3, -0.25) is 9.59 Å². The highest BCUT2D eigenvalue weighted by Gasteiger charge is 2.38. The Labute approximate surface area is 248 Å². The number of carbonyl (C=O) groups excluding carboxylic acids is 2. The summed E-state index contributed by atoms with van der Waals surface area (Å²) in [6.45, 7) is 11.7. The summed E-state index contributed by atoms with van der Waals surface area (Å²) in [6, 6.07) is 35.6. The molecule has 0 saturated heterocycles. The van der Waals surface area contributed by atoms with Gasteiger partial charge < -0.3 is 4.90 Å². The first-order valence-electron chi connectivity index (χ1n) is 14.5. The SMILES string of the molecule is CC1(C)c2ccccc2N(c2ccc([Si](C)(C)C)cc2)c2ccc3cc(C=C4C(=O)c5ccccc5C4=O)ccc3c21. The minimum absolute atomic E-state index is 0.199. The van der Waals surface area contributed by atoms with Gasteiger partial charge in [0.15, 0.2) is 11.6 Å². The third-order valence-electron chi connectivity index (χ3n) is 8.91. The van der Waals surface area contributed by atoms with Crippen LogP contribution in [-0.4, -0.2) is 19.6 Å². The van der Waals surface area contributed by atoms with Crippen LogP contribution in [0.2, 0.25) is 19.6 Å². The van der Waals surface area contributed by atoms with Gasteiger partial charge in [0.2, 0.25) is 0 Å². The number of rotatable bonds is 3. The summed E-state index contributed by atoms with van der Waals surface area (Å²) in [6.07, 6.45) is 1.75. The van der Waals surface area contributed by atoms with Crippen LogP contribution in [0.1, 0.15) is 51.3 Å². The minimum atomic E-state index is -1.42. The molecule has 2 aliphatic rings. The number of Topliss-reactive ketones (excluding diaryl/α,β-unsaturated/α-hetero) is 2. The molecule has 1 heterocycles. The molecule has 0 saturated carbocycles. The fourth-order valence-electron chi connectivity index (χ4n) is 6.69. The maximum atomic E-state index is 13.0. The molecule has 0 bridgehead atoms. The molecule has 0 unspecified atom stereocenters. The summed E-state index contributed by atoms with van der Waals surface area (Å²) in [7, 11) is -1.42. The predicted octanol–water partition coefficient (Wildman–Crippen LogP) is 8.96. The fraction of sp³-hybridized carbons (Fsp3) is 0.158. The number of benzene rings is 5. The van der Waals surface area contributed by atoms with E-state index >= 15 is 0 Å². The predicted molar refractivity (Wildman–Crippen MR) is 177 cm³/mol. The van der Waals surface area contributed by atoms with E-state index < -0.39 is 8.07 Å². The van der Waals surface area contributed by atoms with E-state index in [4.69, 9.17) is 0 Å². The van der Waals surface area contributed by atoms with Crippen molar-refractivity contribution in [2.24, 2.45) is 0 Å². The number of hydrogen-bond acceptors (Lipinski definition) is 3. The largest absolute Gasteiger partial charge is 0.310 e. The van der Waals surface area contributed by atoms with Crippen molar-refractivity contribution >= 4 is 58.7 Å². The summed E-state index contributed by atoms with van der Waals surface area (Å²) in [5, 5.41) is 3.70. The van der Waals surface area contributed by atoms with Crippen LogP contribution in [0.5, 0.6) is 0 Å². The van der Waals surface area contributed by atoms with Gasteiger partial charge in [-0.25, -0.2) is 0 Å². The highest BCUT2D eigenvalue weighted by atomic mass is 28.3. The number of para-hydroxylation sites is 1. The highest BCUT2D eigenvalue weighted by Crippen LogP contribution is 2.53. The zero-order valence-electron chi connectivity index (χ0n) is 24.7. The van der Waals surface area contributed by atoms with E-state index in [0.717, 1.165) is 16.6 Å². The van der Waals surface area contributed by atoms with Crippen LogP contribution in [0.3, 0.4) is 0 Å². The zero-order chi connectivity index (χ0) is 29.4. The smallest absolute Gasteiger partial charge is 0.197 e. The lowest BCUT2D eigenvalue weighted by molar-refractivity contribution is 0.0990. The average molecular weight is 564 g/mol. The van der Waals surface area contributed by atoms with Crippen molar-refractivity contribution in [3.05, 3.63) is 137 Å². The molecule has 1 aliphatic carbocycles. The molecule has 0 N–H and O–H groups in total. The van der Waals surface area contributed by atoms with Crippen molar-refractivity contribution in [3.8, 4) is 0 Å². The lowest BCUT2D eigenvalue weighted by atomic mass is 9.71. The van der Waals surface area contributed by atoms with Crippen LogP contribution in [0, 0.1) is 0 Å². The Balaban J connectivity index is 1.38. The van der Waals surface area contributed by atoms with Crippen molar-refractivity contribution in [1.82, 2.24) is 0 Å². The monoisotopic (exact) mass is 563 g/mol. The third kappa shape index (κ3) is 3.93. The molecule has 5 aromatic carbocycles. The van der Waals surface area contributed by atoms with Crippen molar-refractivity contribution in [2.45, 2.75) is 38.9 Å². The first-order chi connectivity index (χ1) is 20.1. The normalized spacial score (nSPS) is 15.5. The molecule has 42 heavy (non-hydrogen) atoms. The molecule has 0 aromatic heterocycles. The van der Waals surface area contributed by atoms with Gasteiger partial charge in [0, 0.05) is 22.2 Å². The van der Waals surface area contributed by atoms with Crippen LogP contribution in [0.4, 0.5) is 17.1 Å². The van der Waals surface area contributed by atoms with Crippen LogP contribution in [-0.2, 0) is 5.41 Å². The van der Waals surface area contributed by atoms with Gasteiger partial charge in [-0.05, 0) is 63.9 Å². The summed E-state index contributed by atoms with van der Waals surface area (Å²) in [4.78, 5) is 28.4. The number of anilines is 3. The van der Waals surface area contributed by atoms with E-state index in [-0.39, 0.29) is 22.6 Å². The molecule has 0 atom stereocenters. The molecule has 4 heteroatoms. The molecule has 3 nitrogen and oxygen atoms in total. The second-order valence-electron chi connectivity index (χ2n) is 13.0. The van der Waals surface area contributed by atoms with E-state index in [9.17, 15) is 9.59 Å². The molecule has 0 radical (unpaired) electrons. The summed E-state index contributed by atoms with van der Waals surface area (Å²) in [5.41, 5.74) is 7.90. The maximum Gasteiger partial charge on any atom is 0.197 e. The lowest BCUT2D eigenvalue weighted by Gasteiger charge is -2.42. The molecule has 0 amide bonds. The van der Waals surface area contributed by atoms with Crippen LogP contribution < -0.4 is 10.1 Å². The second-order valence-corrected chi connectivity index (χ2v) is 18.1.